The van der Waals surface area contributed by atoms with Gasteiger partial charge in [0.1, 0.15) is 30.3 Å². The van der Waals surface area contributed by atoms with Crippen LogP contribution in [0, 0.1) is 0 Å². The quantitative estimate of drug-likeness (QED) is 0.783. The zero-order valence-electron chi connectivity index (χ0n) is 9.40. The Morgan fingerprint density at radius 1 is 1.50 bits per heavy atom. The summed E-state index contributed by atoms with van der Waals surface area (Å²) in [6.07, 6.45) is 0.439. The minimum Gasteiger partial charge on any atom is -0.394 e. The second-order valence-corrected chi connectivity index (χ2v) is 4.15. The van der Waals surface area contributed by atoms with Crippen molar-refractivity contribution in [3.05, 3.63) is 12.7 Å². The van der Waals surface area contributed by atoms with Crippen molar-refractivity contribution in [2.75, 3.05) is 12.3 Å². The zero-order chi connectivity index (χ0) is 12.7. The predicted octanol–water partition coefficient (Wildman–Crippen LogP) is 0.0264. The molecule has 0 saturated carbocycles. The van der Waals surface area contributed by atoms with Gasteiger partial charge in [-0.05, 0) is 0 Å². The first-order chi connectivity index (χ1) is 8.70. The second-order valence-electron chi connectivity index (χ2n) is 4.15. The minimum absolute atomic E-state index is 0.153. The molecule has 0 aromatic carbocycles. The molecular weight excluding hydrogens is 241 g/mol. The molecule has 1 aliphatic rings. The molecule has 3 rings (SSSR count). The molecule has 8 heteroatoms. The van der Waals surface area contributed by atoms with E-state index in [0.717, 1.165) is 0 Å². The van der Waals surface area contributed by atoms with E-state index in [-0.39, 0.29) is 18.8 Å². The smallest absolute Gasteiger partial charge is 0.167 e. The molecule has 96 valence electrons. The van der Waals surface area contributed by atoms with Crippen molar-refractivity contribution >= 4 is 17.0 Å². The Labute approximate surface area is 101 Å². The Balaban J connectivity index is 1.99. The van der Waals surface area contributed by atoms with Gasteiger partial charge in [0.2, 0.25) is 0 Å². The van der Waals surface area contributed by atoms with E-state index in [0.29, 0.717) is 11.2 Å². The Morgan fingerprint density at radius 2 is 2.33 bits per heavy atom. The highest BCUT2D eigenvalue weighted by Crippen LogP contribution is 2.32. The average molecular weight is 253 g/mol. The molecule has 0 bridgehead atoms. The van der Waals surface area contributed by atoms with Crippen LogP contribution in [0.4, 0.5) is 10.2 Å². The molecular formula is C10H12FN5O2. The molecule has 3 heterocycles. The third kappa shape index (κ3) is 1.61. The van der Waals surface area contributed by atoms with Gasteiger partial charge in [-0.15, -0.1) is 0 Å². The molecule has 1 fully saturated rings. The fourth-order valence-corrected chi connectivity index (χ4v) is 2.10. The average Bonchev–Trinajstić information content (AvgIpc) is 2.93. The van der Waals surface area contributed by atoms with Crippen molar-refractivity contribution in [1.29, 1.82) is 0 Å². The molecule has 2 aromatic heterocycles. The monoisotopic (exact) mass is 253 g/mol. The Morgan fingerprint density at radius 3 is 3.06 bits per heavy atom. The van der Waals surface area contributed by atoms with Crippen LogP contribution < -0.4 is 5.73 Å². The molecule has 3 atom stereocenters. The molecule has 0 aliphatic carbocycles. The molecule has 18 heavy (non-hydrogen) atoms. The van der Waals surface area contributed by atoms with Crippen molar-refractivity contribution < 1.29 is 14.2 Å². The lowest BCUT2D eigenvalue weighted by molar-refractivity contribution is -0.0323. The number of fused-ring (bicyclic) bond motifs is 1. The maximum absolute atomic E-state index is 13.5. The lowest BCUT2D eigenvalue weighted by atomic mass is 10.2. The fraction of sp³-hybridized carbons (Fsp3) is 0.500. The number of nitrogen functional groups attached to an aromatic ring is 1. The Bertz CT molecular complexity index is 574. The van der Waals surface area contributed by atoms with E-state index in [9.17, 15) is 4.39 Å². The van der Waals surface area contributed by atoms with Crippen molar-refractivity contribution in [1.82, 2.24) is 19.5 Å². The SMILES string of the molecule is Nc1ncnc2c1ncn2[C@@H]1C[C@@H](F)[C@H](CO)O1. The fourth-order valence-electron chi connectivity index (χ4n) is 2.10. The first kappa shape index (κ1) is 11.3. The van der Waals surface area contributed by atoms with Gasteiger partial charge in [0.25, 0.3) is 0 Å². The van der Waals surface area contributed by atoms with Crippen LogP contribution in [-0.4, -0.2) is 43.5 Å². The van der Waals surface area contributed by atoms with Crippen molar-refractivity contribution in [3.63, 3.8) is 0 Å². The number of aliphatic hydroxyl groups is 1. The van der Waals surface area contributed by atoms with Gasteiger partial charge in [-0.3, -0.25) is 4.57 Å². The number of hydrogen-bond donors (Lipinski definition) is 2. The highest BCUT2D eigenvalue weighted by atomic mass is 19.1. The number of aliphatic hydroxyl groups excluding tert-OH is 1. The van der Waals surface area contributed by atoms with Crippen molar-refractivity contribution in [2.45, 2.75) is 24.9 Å². The number of aromatic nitrogens is 4. The van der Waals surface area contributed by atoms with E-state index < -0.39 is 18.5 Å². The summed E-state index contributed by atoms with van der Waals surface area (Å²) in [4.78, 5) is 12.0. The van der Waals surface area contributed by atoms with Gasteiger partial charge in [-0.25, -0.2) is 19.3 Å². The molecule has 2 aromatic rings. The number of rotatable bonds is 2. The summed E-state index contributed by atoms with van der Waals surface area (Å²) < 4.78 is 20.6. The summed E-state index contributed by atoms with van der Waals surface area (Å²) in [5.41, 5.74) is 6.63. The topological polar surface area (TPSA) is 99.1 Å². The molecule has 7 nitrogen and oxygen atoms in total. The third-order valence-electron chi connectivity index (χ3n) is 3.04. The third-order valence-corrected chi connectivity index (χ3v) is 3.04. The van der Waals surface area contributed by atoms with Crippen molar-refractivity contribution in [3.8, 4) is 0 Å². The first-order valence-electron chi connectivity index (χ1n) is 5.54. The summed E-state index contributed by atoms with van der Waals surface area (Å²) in [6.45, 7) is -0.346. The second kappa shape index (κ2) is 4.14. The summed E-state index contributed by atoms with van der Waals surface area (Å²) in [5, 5.41) is 8.97. The van der Waals surface area contributed by atoms with Gasteiger partial charge in [0.15, 0.2) is 11.5 Å². The number of halogens is 1. The van der Waals surface area contributed by atoms with E-state index in [2.05, 4.69) is 15.0 Å². The van der Waals surface area contributed by atoms with Crippen LogP contribution in [0.15, 0.2) is 12.7 Å². The summed E-state index contributed by atoms with van der Waals surface area (Å²) >= 11 is 0. The summed E-state index contributed by atoms with van der Waals surface area (Å²) in [7, 11) is 0. The van der Waals surface area contributed by atoms with Crippen LogP contribution in [0.25, 0.3) is 11.2 Å². The number of alkyl halides is 1. The van der Waals surface area contributed by atoms with Gasteiger partial charge in [-0.1, -0.05) is 0 Å². The standard InChI is InChI=1S/C10H12FN5O2/c11-5-1-7(18-6(5)2-17)16-4-15-8-9(12)13-3-14-10(8)16/h3-7,17H,1-2H2,(H2,12,13,14)/t5-,6+,7+/m1/s1. The number of imidazole rings is 1. The van der Waals surface area contributed by atoms with Gasteiger partial charge in [-0.2, -0.15) is 0 Å². The Hall–Kier alpha value is -1.80. The highest BCUT2D eigenvalue weighted by molar-refractivity contribution is 5.81. The van der Waals surface area contributed by atoms with E-state index in [4.69, 9.17) is 15.6 Å². The van der Waals surface area contributed by atoms with Crippen molar-refractivity contribution in [2.24, 2.45) is 0 Å². The van der Waals surface area contributed by atoms with E-state index in [1.807, 2.05) is 0 Å². The number of anilines is 1. The van der Waals surface area contributed by atoms with E-state index >= 15 is 0 Å². The van der Waals surface area contributed by atoms with E-state index in [1.165, 1.54) is 12.7 Å². The van der Waals surface area contributed by atoms with Gasteiger partial charge < -0.3 is 15.6 Å². The van der Waals surface area contributed by atoms with E-state index in [1.54, 1.807) is 4.57 Å². The lowest BCUT2D eigenvalue weighted by Gasteiger charge is -2.13. The molecule has 0 amide bonds. The number of hydrogen-bond acceptors (Lipinski definition) is 6. The predicted molar refractivity (Wildman–Crippen MR) is 60.2 cm³/mol. The van der Waals surface area contributed by atoms with Gasteiger partial charge >= 0.3 is 0 Å². The Kier molecular flexibility index (Phi) is 2.60. The van der Waals surface area contributed by atoms with Crippen LogP contribution in [0.5, 0.6) is 0 Å². The molecule has 1 aliphatic heterocycles. The van der Waals surface area contributed by atoms with Crippen LogP contribution in [0.2, 0.25) is 0 Å². The van der Waals surface area contributed by atoms with Gasteiger partial charge in [0.05, 0.1) is 12.9 Å². The maximum atomic E-state index is 13.5. The first-order valence-corrected chi connectivity index (χ1v) is 5.54. The zero-order valence-corrected chi connectivity index (χ0v) is 9.40. The number of nitrogens with two attached hydrogens (primary N) is 1. The van der Waals surface area contributed by atoms with Crippen LogP contribution in [-0.2, 0) is 4.74 Å². The molecule has 0 radical (unpaired) electrons. The summed E-state index contributed by atoms with van der Waals surface area (Å²) in [6, 6.07) is 0. The molecule has 0 unspecified atom stereocenters. The molecule has 1 saturated heterocycles. The molecule has 3 N–H and O–H groups in total. The molecule has 0 spiro atoms. The lowest BCUT2D eigenvalue weighted by Crippen LogP contribution is -2.21. The van der Waals surface area contributed by atoms with Crippen LogP contribution in [0.3, 0.4) is 0 Å². The summed E-state index contributed by atoms with van der Waals surface area (Å²) in [5.74, 6) is 0.271. The number of ether oxygens (including phenoxy) is 1. The van der Waals surface area contributed by atoms with Crippen LogP contribution in [0.1, 0.15) is 12.6 Å². The maximum Gasteiger partial charge on any atom is 0.167 e. The normalized spacial score (nSPS) is 28.0. The van der Waals surface area contributed by atoms with Crippen LogP contribution >= 0.6 is 0 Å². The minimum atomic E-state index is -1.20. The highest BCUT2D eigenvalue weighted by Gasteiger charge is 2.36. The number of nitrogens with zero attached hydrogens (tertiary/aromatic N) is 4. The van der Waals surface area contributed by atoms with Gasteiger partial charge in [0, 0.05) is 6.42 Å². The largest absolute Gasteiger partial charge is 0.394 e.